The molecule has 1 spiro atoms. The molecular weight excluding hydrogens is 540 g/mol. The fourth-order valence-corrected chi connectivity index (χ4v) is 6.47. The highest BCUT2D eigenvalue weighted by Crippen LogP contribution is 2.40. The second-order valence-electron chi connectivity index (χ2n) is 11.5. The summed E-state index contributed by atoms with van der Waals surface area (Å²) in [7, 11) is 0. The van der Waals surface area contributed by atoms with E-state index < -0.39 is 12.0 Å². The molecule has 1 aromatic rings. The predicted octanol–water partition coefficient (Wildman–Crippen LogP) is 3.85. The first-order chi connectivity index (χ1) is 20.3. The van der Waals surface area contributed by atoms with Crippen LogP contribution in [-0.2, 0) is 9.53 Å². The molecule has 0 unspecified atom stereocenters. The summed E-state index contributed by atoms with van der Waals surface area (Å²) < 4.78 is 35.3. The summed E-state index contributed by atoms with van der Waals surface area (Å²) in [4.78, 5) is 25.0. The number of piperazine rings is 1. The number of piperidine rings is 1. The number of carbonyl (C=O) groups is 1. The number of aromatic nitrogens is 1. The zero-order valence-corrected chi connectivity index (χ0v) is 25.0. The van der Waals surface area contributed by atoms with Gasteiger partial charge in [0.25, 0.3) is 6.43 Å². The van der Waals surface area contributed by atoms with Crippen molar-refractivity contribution < 1.29 is 18.3 Å². The summed E-state index contributed by atoms with van der Waals surface area (Å²) in [5, 5.41) is 4.26. The van der Waals surface area contributed by atoms with Crippen LogP contribution in [-0.4, -0.2) is 104 Å². The second-order valence-corrected chi connectivity index (χ2v) is 11.5. The fraction of sp³-hybridized carbons (Fsp3) is 0.581. The van der Waals surface area contributed by atoms with Crippen LogP contribution < -0.4 is 15.2 Å². The molecule has 0 bridgehead atoms. The quantitative estimate of drug-likeness (QED) is 0.510. The zero-order valence-electron chi connectivity index (χ0n) is 25.0. The minimum atomic E-state index is -2.68. The van der Waals surface area contributed by atoms with E-state index in [2.05, 4.69) is 43.7 Å². The van der Waals surface area contributed by atoms with Gasteiger partial charge in [0, 0.05) is 81.9 Å². The Labute approximate surface area is 247 Å². The summed E-state index contributed by atoms with van der Waals surface area (Å²) in [6, 6.07) is 2.31. The summed E-state index contributed by atoms with van der Waals surface area (Å²) in [6.07, 6.45) is 5.57. The summed E-state index contributed by atoms with van der Waals surface area (Å²) in [6.45, 7) is 16.6. The van der Waals surface area contributed by atoms with Gasteiger partial charge >= 0.3 is 0 Å². The van der Waals surface area contributed by atoms with Gasteiger partial charge in [-0.15, -0.1) is 0 Å². The van der Waals surface area contributed by atoms with E-state index in [0.29, 0.717) is 56.8 Å². The molecule has 42 heavy (non-hydrogen) atoms. The number of anilines is 2. The molecule has 1 N–H and O–H groups in total. The number of nitrogens with zero attached hydrogens (tertiary/aromatic N) is 6. The lowest BCUT2D eigenvalue weighted by Gasteiger charge is -2.49. The summed E-state index contributed by atoms with van der Waals surface area (Å²) >= 11 is 0. The Kier molecular flexibility index (Phi) is 9.27. The molecule has 0 aliphatic carbocycles. The molecule has 1 aromatic heterocycles. The van der Waals surface area contributed by atoms with Crippen LogP contribution in [0, 0.1) is 0 Å². The molecule has 3 fully saturated rings. The van der Waals surface area contributed by atoms with Crippen molar-refractivity contribution in [2.24, 2.45) is 5.10 Å². The Balaban J connectivity index is 1.34. The lowest BCUT2D eigenvalue weighted by atomic mass is 9.82. The van der Waals surface area contributed by atoms with E-state index in [0.717, 1.165) is 50.3 Å². The van der Waals surface area contributed by atoms with Gasteiger partial charge in [-0.25, -0.2) is 13.8 Å². The highest BCUT2D eigenvalue weighted by molar-refractivity contribution is 5.87. The van der Waals surface area contributed by atoms with Crippen LogP contribution >= 0.6 is 0 Å². The van der Waals surface area contributed by atoms with Gasteiger partial charge in [-0.05, 0) is 50.8 Å². The van der Waals surface area contributed by atoms with Crippen LogP contribution in [0.5, 0.6) is 0 Å². The van der Waals surface area contributed by atoms with E-state index >= 15 is 0 Å². The number of hydrogen-bond acceptors (Lipinski definition) is 8. The van der Waals surface area contributed by atoms with Gasteiger partial charge < -0.3 is 24.9 Å². The molecule has 0 radical (unpaired) electrons. The Bertz CT molecular complexity index is 1240. The van der Waals surface area contributed by atoms with Crippen LogP contribution in [0.3, 0.4) is 0 Å². The van der Waals surface area contributed by atoms with Crippen LogP contribution in [0.4, 0.5) is 20.3 Å². The Hall–Kier alpha value is -3.31. The molecule has 9 nitrogen and oxygen atoms in total. The summed E-state index contributed by atoms with van der Waals surface area (Å²) in [5.74, 6) is 0.560. The van der Waals surface area contributed by atoms with Crippen LogP contribution in [0.25, 0.3) is 6.08 Å². The van der Waals surface area contributed by atoms with Crippen molar-refractivity contribution in [1.82, 2.24) is 20.2 Å². The van der Waals surface area contributed by atoms with Gasteiger partial charge in [-0.2, -0.15) is 5.10 Å². The van der Waals surface area contributed by atoms with E-state index in [4.69, 9.17) is 4.74 Å². The molecule has 5 rings (SSSR count). The van der Waals surface area contributed by atoms with Gasteiger partial charge in [0.2, 0.25) is 5.91 Å². The van der Waals surface area contributed by atoms with E-state index in [9.17, 15) is 13.6 Å². The van der Waals surface area contributed by atoms with Crippen molar-refractivity contribution >= 4 is 29.7 Å². The van der Waals surface area contributed by atoms with Crippen molar-refractivity contribution in [3.63, 3.8) is 0 Å². The largest absolute Gasteiger partial charge is 0.369 e. The number of allylic oxidation sites excluding steroid dienone is 2. The van der Waals surface area contributed by atoms with E-state index in [1.54, 1.807) is 12.2 Å². The van der Waals surface area contributed by atoms with Gasteiger partial charge in [-0.1, -0.05) is 18.7 Å². The lowest BCUT2D eigenvalue weighted by molar-refractivity contribution is -0.128. The van der Waals surface area contributed by atoms with E-state index in [1.807, 2.05) is 31.0 Å². The van der Waals surface area contributed by atoms with Crippen molar-refractivity contribution in [1.29, 1.82) is 0 Å². The normalized spacial score (nSPS) is 24.8. The molecule has 0 atom stereocenters. The maximum atomic E-state index is 14.4. The Morgan fingerprint density at radius 1 is 1.14 bits per heavy atom. The topological polar surface area (TPSA) is 76.5 Å². The number of hydrogen-bond donors (Lipinski definition) is 1. The SMILES string of the molecule is C=CC(=O)N1CCN(C2CN(c3cc(N4CCC5(CC4)OCCN/N=C\C(C)=C\5C)nc(C(F)F)c3/C=C\C)C2)CC1. The number of nitrogens with one attached hydrogen (secondary N) is 1. The number of ether oxygens (including phenoxy) is 1. The lowest BCUT2D eigenvalue weighted by Crippen LogP contribution is -2.63. The monoisotopic (exact) mass is 583 g/mol. The van der Waals surface area contributed by atoms with E-state index in [-0.39, 0.29) is 11.6 Å². The number of carbonyl (C=O) groups excluding carboxylic acids is 1. The third kappa shape index (κ3) is 6.08. The zero-order chi connectivity index (χ0) is 29.9. The summed E-state index contributed by atoms with van der Waals surface area (Å²) in [5.41, 5.74) is 5.98. The molecule has 11 heteroatoms. The smallest absolute Gasteiger partial charge is 0.281 e. The average molecular weight is 584 g/mol. The van der Waals surface area contributed by atoms with Crippen molar-refractivity contribution in [2.45, 2.75) is 51.7 Å². The Morgan fingerprint density at radius 2 is 1.86 bits per heavy atom. The maximum absolute atomic E-state index is 14.4. The first-order valence-corrected chi connectivity index (χ1v) is 14.9. The fourth-order valence-electron chi connectivity index (χ4n) is 6.47. The number of hydrazone groups is 1. The molecular formula is C31H43F2N7O2. The molecule has 4 aliphatic rings. The first-order valence-electron chi connectivity index (χ1n) is 14.9. The Morgan fingerprint density at radius 3 is 2.50 bits per heavy atom. The van der Waals surface area contributed by atoms with E-state index in [1.165, 1.54) is 11.6 Å². The van der Waals surface area contributed by atoms with Crippen LogP contribution in [0.2, 0.25) is 0 Å². The minimum absolute atomic E-state index is 0.0304. The number of pyridine rings is 1. The standard InChI is InChI=1S/C31H43F2N7O2/c1-5-7-25-26(40-20-24(21-40)37-13-15-39(16-14-37)28(41)6-2)18-27(36-29(25)30(32)33)38-11-8-31(9-12-38)23(4)22(3)19-35-34-10-17-42-31/h5-7,18-19,24,30,34H,2,8-17,20-21H2,1,3-4H3/b7-5-,23-22+,35-19-. The highest BCUT2D eigenvalue weighted by atomic mass is 19.3. The van der Waals surface area contributed by atoms with Gasteiger partial charge in [-0.3, -0.25) is 9.69 Å². The van der Waals surface area contributed by atoms with Crippen molar-refractivity contribution in [3.8, 4) is 0 Å². The van der Waals surface area contributed by atoms with Gasteiger partial charge in [0.05, 0.1) is 18.8 Å². The maximum Gasteiger partial charge on any atom is 0.281 e. The van der Waals surface area contributed by atoms with Crippen molar-refractivity contribution in [3.05, 3.63) is 47.2 Å². The molecule has 3 saturated heterocycles. The van der Waals surface area contributed by atoms with Crippen molar-refractivity contribution in [2.75, 3.05) is 75.3 Å². The minimum Gasteiger partial charge on any atom is -0.369 e. The molecule has 1 amide bonds. The second kappa shape index (κ2) is 12.9. The molecule has 5 heterocycles. The molecule has 0 aromatic carbocycles. The van der Waals surface area contributed by atoms with Crippen LogP contribution in [0.1, 0.15) is 51.3 Å². The predicted molar refractivity (Wildman–Crippen MR) is 163 cm³/mol. The molecule has 228 valence electrons. The highest BCUT2D eigenvalue weighted by Gasteiger charge is 2.40. The van der Waals surface area contributed by atoms with Gasteiger partial charge in [0.1, 0.15) is 11.5 Å². The van der Waals surface area contributed by atoms with Crippen LogP contribution in [0.15, 0.2) is 41.0 Å². The van der Waals surface area contributed by atoms with Gasteiger partial charge in [0.15, 0.2) is 0 Å². The number of halogens is 2. The first kappa shape index (κ1) is 30.2. The third-order valence-electron chi connectivity index (χ3n) is 9.22. The third-order valence-corrected chi connectivity index (χ3v) is 9.22. The number of rotatable bonds is 6. The number of amides is 1. The molecule has 4 aliphatic heterocycles. The number of alkyl halides is 2. The average Bonchev–Trinajstić information content (AvgIpc) is 3.04. The molecule has 0 saturated carbocycles.